The lowest BCUT2D eigenvalue weighted by Crippen LogP contribution is -2.41. The molecule has 1 aromatic carbocycles. The third-order valence-electron chi connectivity index (χ3n) is 5.41. The third kappa shape index (κ3) is 8.37. The van der Waals surface area contributed by atoms with Crippen LogP contribution >= 0.6 is 24.0 Å². The number of hydrogen-bond donors (Lipinski definition) is 2. The monoisotopic (exact) mass is 517 g/mol. The highest BCUT2D eigenvalue weighted by atomic mass is 127. The Kier molecular flexibility index (Phi) is 11.2. The van der Waals surface area contributed by atoms with E-state index < -0.39 is 0 Å². The first-order chi connectivity index (χ1) is 13.7. The van der Waals surface area contributed by atoms with Crippen LogP contribution in [0.1, 0.15) is 23.6 Å². The van der Waals surface area contributed by atoms with Crippen molar-refractivity contribution in [3.63, 3.8) is 0 Å². The van der Waals surface area contributed by atoms with Crippen molar-refractivity contribution in [2.45, 2.75) is 19.4 Å². The second-order valence-electron chi connectivity index (χ2n) is 7.54. The highest BCUT2D eigenvalue weighted by Crippen LogP contribution is 2.23. The van der Waals surface area contributed by atoms with E-state index in [0.29, 0.717) is 12.5 Å². The molecule has 1 aromatic rings. The zero-order valence-electron chi connectivity index (χ0n) is 17.5. The first kappa shape index (κ1) is 24.3. The summed E-state index contributed by atoms with van der Waals surface area (Å²) >= 11 is 0. The molecule has 2 aliphatic heterocycles. The quantitative estimate of drug-likeness (QED) is 0.236. The van der Waals surface area contributed by atoms with Gasteiger partial charge < -0.3 is 20.5 Å². The van der Waals surface area contributed by atoms with Gasteiger partial charge in [0.1, 0.15) is 0 Å². The maximum Gasteiger partial charge on any atom is 0.188 e. The van der Waals surface area contributed by atoms with E-state index in [0.717, 1.165) is 72.1 Å². The van der Waals surface area contributed by atoms with E-state index in [-0.39, 0.29) is 30.0 Å². The number of rotatable bonds is 8. The Hall–Kier alpha value is -0.940. The van der Waals surface area contributed by atoms with Gasteiger partial charge in [0.05, 0.1) is 39.0 Å². The number of halogens is 1. The van der Waals surface area contributed by atoms with Gasteiger partial charge in [0, 0.05) is 32.7 Å². The van der Waals surface area contributed by atoms with Gasteiger partial charge in [-0.25, -0.2) is 0 Å². The number of guanidine groups is 1. The second kappa shape index (κ2) is 13.4. The van der Waals surface area contributed by atoms with Crippen molar-refractivity contribution < 1.29 is 9.47 Å². The van der Waals surface area contributed by atoms with E-state index in [9.17, 15) is 0 Å². The first-order valence-electron chi connectivity index (χ1n) is 10.4. The molecular weight excluding hydrogens is 481 g/mol. The van der Waals surface area contributed by atoms with Crippen LogP contribution in [0.15, 0.2) is 29.3 Å². The van der Waals surface area contributed by atoms with Crippen molar-refractivity contribution in [2.24, 2.45) is 10.7 Å². The van der Waals surface area contributed by atoms with Gasteiger partial charge in [-0.2, -0.15) is 0 Å². The molecule has 164 valence electrons. The molecule has 0 aromatic heterocycles. The lowest BCUT2D eigenvalue weighted by Gasteiger charge is -2.34. The molecule has 2 heterocycles. The van der Waals surface area contributed by atoms with Crippen LogP contribution in [0.3, 0.4) is 0 Å². The van der Waals surface area contributed by atoms with Crippen LogP contribution in [0, 0.1) is 6.92 Å². The summed E-state index contributed by atoms with van der Waals surface area (Å²) in [7, 11) is 0. The van der Waals surface area contributed by atoms with Crippen LogP contribution in [0.5, 0.6) is 0 Å². The maximum absolute atomic E-state index is 6.14. The van der Waals surface area contributed by atoms with Gasteiger partial charge >= 0.3 is 0 Å². The average molecular weight is 517 g/mol. The van der Waals surface area contributed by atoms with Gasteiger partial charge in [-0.1, -0.05) is 29.8 Å². The van der Waals surface area contributed by atoms with Crippen molar-refractivity contribution in [2.75, 3.05) is 72.2 Å². The summed E-state index contributed by atoms with van der Waals surface area (Å²) in [6, 6.07) is 8.93. The molecule has 2 saturated heterocycles. The van der Waals surface area contributed by atoms with Crippen molar-refractivity contribution in [3.8, 4) is 0 Å². The van der Waals surface area contributed by atoms with Gasteiger partial charge in [-0.3, -0.25) is 14.8 Å². The maximum atomic E-state index is 6.14. The minimum absolute atomic E-state index is 0. The van der Waals surface area contributed by atoms with E-state index in [1.807, 2.05) is 0 Å². The Morgan fingerprint density at radius 3 is 2.52 bits per heavy atom. The average Bonchev–Trinajstić information content (AvgIpc) is 2.73. The summed E-state index contributed by atoms with van der Waals surface area (Å²) in [6.07, 6.45) is 1.06. The molecule has 29 heavy (non-hydrogen) atoms. The fourth-order valence-corrected chi connectivity index (χ4v) is 3.78. The van der Waals surface area contributed by atoms with Gasteiger partial charge in [0.15, 0.2) is 5.96 Å². The summed E-state index contributed by atoms with van der Waals surface area (Å²) in [5.41, 5.74) is 8.71. The fourth-order valence-electron chi connectivity index (χ4n) is 3.78. The van der Waals surface area contributed by atoms with Crippen LogP contribution in [-0.2, 0) is 9.47 Å². The van der Waals surface area contributed by atoms with Gasteiger partial charge in [0.2, 0.25) is 0 Å². The molecule has 0 spiro atoms. The van der Waals surface area contributed by atoms with Crippen LogP contribution in [-0.4, -0.2) is 88.0 Å². The van der Waals surface area contributed by atoms with Gasteiger partial charge in [-0.15, -0.1) is 24.0 Å². The zero-order chi connectivity index (χ0) is 19.6. The minimum Gasteiger partial charge on any atom is -0.379 e. The number of aliphatic imine (C=N–C) groups is 1. The van der Waals surface area contributed by atoms with Crippen LogP contribution in [0.4, 0.5) is 0 Å². The van der Waals surface area contributed by atoms with E-state index in [2.05, 4.69) is 51.3 Å². The SMILES string of the molecule is Cc1cccc(C(CN=C(N)NCCCN2CCOCC2)N2CCOCC2)c1.I. The highest BCUT2D eigenvalue weighted by Gasteiger charge is 2.22. The Morgan fingerprint density at radius 1 is 1.14 bits per heavy atom. The predicted molar refractivity (Wildman–Crippen MR) is 128 cm³/mol. The first-order valence-corrected chi connectivity index (χ1v) is 10.4. The molecule has 0 bridgehead atoms. The number of nitrogens with one attached hydrogen (secondary N) is 1. The molecule has 3 N–H and O–H groups in total. The fraction of sp³-hybridized carbons (Fsp3) is 0.667. The number of nitrogens with zero attached hydrogens (tertiary/aromatic N) is 3. The van der Waals surface area contributed by atoms with Crippen molar-refractivity contribution in [3.05, 3.63) is 35.4 Å². The van der Waals surface area contributed by atoms with Crippen LogP contribution < -0.4 is 11.1 Å². The number of aryl methyl sites for hydroxylation is 1. The zero-order valence-corrected chi connectivity index (χ0v) is 19.8. The van der Waals surface area contributed by atoms with E-state index >= 15 is 0 Å². The Morgan fingerprint density at radius 2 is 1.83 bits per heavy atom. The van der Waals surface area contributed by atoms with E-state index in [1.54, 1.807) is 0 Å². The highest BCUT2D eigenvalue weighted by molar-refractivity contribution is 14.0. The summed E-state index contributed by atoms with van der Waals surface area (Å²) in [6.45, 7) is 11.9. The molecule has 0 radical (unpaired) electrons. The molecule has 0 saturated carbocycles. The third-order valence-corrected chi connectivity index (χ3v) is 5.41. The predicted octanol–water partition coefficient (Wildman–Crippen LogP) is 1.61. The van der Waals surface area contributed by atoms with Crippen molar-refractivity contribution in [1.29, 1.82) is 0 Å². The number of nitrogens with two attached hydrogens (primary N) is 1. The number of ether oxygens (including phenoxy) is 2. The lowest BCUT2D eigenvalue weighted by atomic mass is 10.0. The van der Waals surface area contributed by atoms with Gasteiger partial charge in [-0.05, 0) is 25.5 Å². The van der Waals surface area contributed by atoms with Crippen molar-refractivity contribution in [1.82, 2.24) is 15.1 Å². The normalized spacial score (nSPS) is 20.1. The Bertz CT molecular complexity index is 619. The van der Waals surface area contributed by atoms with Crippen molar-refractivity contribution >= 4 is 29.9 Å². The number of hydrogen-bond acceptors (Lipinski definition) is 5. The molecule has 7 nitrogen and oxygen atoms in total. The topological polar surface area (TPSA) is 75.3 Å². The number of benzene rings is 1. The molecule has 2 aliphatic rings. The van der Waals surface area contributed by atoms with E-state index in [4.69, 9.17) is 15.2 Å². The molecule has 2 fully saturated rings. The minimum atomic E-state index is 0. The molecular formula is C21H36IN5O2. The summed E-state index contributed by atoms with van der Waals surface area (Å²) in [5, 5.41) is 3.27. The summed E-state index contributed by atoms with van der Waals surface area (Å²) < 4.78 is 10.9. The van der Waals surface area contributed by atoms with Crippen LogP contribution in [0.25, 0.3) is 0 Å². The summed E-state index contributed by atoms with van der Waals surface area (Å²) in [4.78, 5) is 9.54. The number of morpholine rings is 2. The molecule has 3 rings (SSSR count). The van der Waals surface area contributed by atoms with Crippen LogP contribution in [0.2, 0.25) is 0 Å². The Balaban J connectivity index is 0.00000300. The molecule has 0 amide bonds. The molecule has 0 aliphatic carbocycles. The second-order valence-corrected chi connectivity index (χ2v) is 7.54. The smallest absolute Gasteiger partial charge is 0.188 e. The molecule has 8 heteroatoms. The standard InChI is InChI=1S/C21H35N5O2.HI/c1-18-4-2-5-19(16-18)20(26-10-14-28-15-11-26)17-24-21(22)23-6-3-7-25-8-12-27-13-9-25;/h2,4-5,16,20H,3,6-15,17H2,1H3,(H3,22,23,24);1H. The largest absolute Gasteiger partial charge is 0.379 e. The molecule has 1 unspecified atom stereocenters. The Labute approximate surface area is 192 Å². The lowest BCUT2D eigenvalue weighted by molar-refractivity contribution is 0.0179. The van der Waals surface area contributed by atoms with Gasteiger partial charge in [0.25, 0.3) is 0 Å². The van der Waals surface area contributed by atoms with E-state index in [1.165, 1.54) is 11.1 Å². The summed E-state index contributed by atoms with van der Waals surface area (Å²) in [5.74, 6) is 0.535. The molecule has 1 atom stereocenters.